The van der Waals surface area contributed by atoms with Gasteiger partial charge in [-0.25, -0.2) is 0 Å². The van der Waals surface area contributed by atoms with Crippen molar-refractivity contribution in [3.05, 3.63) is 53.6 Å². The Morgan fingerprint density at radius 2 is 1.79 bits per heavy atom. The molecule has 0 saturated carbocycles. The largest absolute Gasteiger partial charge is 0.372 e. The Bertz CT molecular complexity index is 559. The van der Waals surface area contributed by atoms with Gasteiger partial charge in [0.05, 0.1) is 0 Å². The molecule has 2 aromatic rings. The van der Waals surface area contributed by atoms with Gasteiger partial charge in [0.2, 0.25) is 0 Å². The van der Waals surface area contributed by atoms with Crippen molar-refractivity contribution >= 4 is 17.3 Å². The molecular formula is C17H17ClN. The Kier molecular flexibility index (Phi) is 3.74. The first-order chi connectivity index (χ1) is 9.34. The average molecular weight is 271 g/mol. The van der Waals surface area contributed by atoms with Crippen molar-refractivity contribution in [3.63, 3.8) is 0 Å². The van der Waals surface area contributed by atoms with Crippen LogP contribution in [0.4, 0.5) is 5.69 Å². The maximum atomic E-state index is 6.27. The molecular weight excluding hydrogens is 254 g/mol. The van der Waals surface area contributed by atoms with Gasteiger partial charge in [-0.1, -0.05) is 29.8 Å². The summed E-state index contributed by atoms with van der Waals surface area (Å²) in [6.07, 6.45) is 3.93. The Labute approximate surface area is 119 Å². The van der Waals surface area contributed by atoms with Gasteiger partial charge in [0, 0.05) is 29.4 Å². The summed E-state index contributed by atoms with van der Waals surface area (Å²) in [5.41, 5.74) is 3.49. The fourth-order valence-corrected chi connectivity index (χ4v) is 2.89. The number of halogens is 1. The maximum absolute atomic E-state index is 6.27. The molecule has 0 N–H and O–H groups in total. The van der Waals surface area contributed by atoms with Crippen molar-refractivity contribution in [1.29, 1.82) is 0 Å². The van der Waals surface area contributed by atoms with E-state index in [1.807, 2.05) is 24.3 Å². The second-order valence-electron chi connectivity index (χ2n) is 5.01. The zero-order valence-corrected chi connectivity index (χ0v) is 11.7. The van der Waals surface area contributed by atoms with Gasteiger partial charge in [0.25, 0.3) is 0 Å². The second kappa shape index (κ2) is 5.66. The van der Waals surface area contributed by atoms with Crippen LogP contribution < -0.4 is 4.90 Å². The first-order valence-electron chi connectivity index (χ1n) is 6.85. The Morgan fingerprint density at radius 1 is 1.00 bits per heavy atom. The predicted octanol–water partition coefficient (Wildman–Crippen LogP) is 4.80. The first kappa shape index (κ1) is 12.6. The molecule has 0 aromatic heterocycles. The lowest BCUT2D eigenvalue weighted by Crippen LogP contribution is -2.29. The summed E-state index contributed by atoms with van der Waals surface area (Å²) < 4.78 is 0. The Hall–Kier alpha value is -1.47. The number of hydrogen-bond donors (Lipinski definition) is 0. The average Bonchev–Trinajstić information content (AvgIpc) is 2.49. The third-order valence-corrected chi connectivity index (χ3v) is 4.01. The molecule has 0 unspecified atom stereocenters. The molecule has 1 fully saturated rings. The van der Waals surface area contributed by atoms with Crippen LogP contribution >= 0.6 is 11.6 Å². The van der Waals surface area contributed by atoms with Crippen LogP contribution in [0.3, 0.4) is 0 Å². The van der Waals surface area contributed by atoms with Crippen LogP contribution in [0, 0.1) is 6.07 Å². The van der Waals surface area contributed by atoms with Crippen LogP contribution in [0.2, 0.25) is 5.02 Å². The van der Waals surface area contributed by atoms with Gasteiger partial charge in [-0.05, 0) is 55.2 Å². The molecule has 2 aromatic carbocycles. The van der Waals surface area contributed by atoms with Crippen LogP contribution in [-0.2, 0) is 0 Å². The van der Waals surface area contributed by atoms with E-state index in [0.717, 1.165) is 29.2 Å². The fraction of sp³-hybridized carbons (Fsp3) is 0.294. The quantitative estimate of drug-likeness (QED) is 0.758. The van der Waals surface area contributed by atoms with Gasteiger partial charge in [0.1, 0.15) is 0 Å². The zero-order chi connectivity index (χ0) is 13.1. The van der Waals surface area contributed by atoms with Crippen LogP contribution in [-0.4, -0.2) is 13.1 Å². The third kappa shape index (κ3) is 2.76. The lowest BCUT2D eigenvalue weighted by Gasteiger charge is -2.29. The molecule has 1 aliphatic heterocycles. The highest BCUT2D eigenvalue weighted by Crippen LogP contribution is 2.30. The summed E-state index contributed by atoms with van der Waals surface area (Å²) in [5, 5.41) is 0.798. The van der Waals surface area contributed by atoms with E-state index in [4.69, 9.17) is 11.6 Å². The predicted molar refractivity (Wildman–Crippen MR) is 81.8 cm³/mol. The molecule has 0 bridgehead atoms. The van der Waals surface area contributed by atoms with Gasteiger partial charge >= 0.3 is 0 Å². The third-order valence-electron chi connectivity index (χ3n) is 3.68. The standard InChI is InChI=1S/C17H17ClN/c18-17-10-3-2-9-16(17)14-7-6-8-15(13-14)19-11-4-1-5-12-19/h2-3,7-10,13H,1,4-5,11-12H2. The summed E-state index contributed by atoms with van der Waals surface area (Å²) in [4.78, 5) is 2.44. The Morgan fingerprint density at radius 3 is 2.58 bits per heavy atom. The van der Waals surface area contributed by atoms with Gasteiger partial charge in [-0.2, -0.15) is 0 Å². The molecule has 1 aliphatic rings. The number of benzene rings is 2. The highest BCUT2D eigenvalue weighted by atomic mass is 35.5. The van der Waals surface area contributed by atoms with Crippen molar-refractivity contribution in [2.75, 3.05) is 18.0 Å². The van der Waals surface area contributed by atoms with E-state index in [2.05, 4.69) is 29.2 Å². The molecule has 0 amide bonds. The molecule has 2 heteroatoms. The van der Waals surface area contributed by atoms with Gasteiger partial charge in [0.15, 0.2) is 0 Å². The molecule has 97 valence electrons. The highest BCUT2D eigenvalue weighted by Gasteiger charge is 2.12. The monoisotopic (exact) mass is 270 g/mol. The minimum Gasteiger partial charge on any atom is -0.372 e. The summed E-state index contributed by atoms with van der Waals surface area (Å²) in [6.45, 7) is 2.31. The van der Waals surface area contributed by atoms with Crippen LogP contribution in [0.1, 0.15) is 19.3 Å². The number of anilines is 1. The molecule has 0 atom stereocenters. The van der Waals surface area contributed by atoms with Crippen molar-refractivity contribution in [2.45, 2.75) is 19.3 Å². The van der Waals surface area contributed by atoms with Gasteiger partial charge in [-0.15, -0.1) is 0 Å². The van der Waals surface area contributed by atoms with E-state index in [0.29, 0.717) is 0 Å². The molecule has 0 aliphatic carbocycles. The number of hydrogen-bond acceptors (Lipinski definition) is 1. The summed E-state index contributed by atoms with van der Waals surface area (Å²) in [7, 11) is 0. The van der Waals surface area contributed by atoms with E-state index in [1.165, 1.54) is 24.9 Å². The molecule has 3 rings (SSSR count). The molecule has 0 spiro atoms. The van der Waals surface area contributed by atoms with E-state index in [1.54, 1.807) is 0 Å². The van der Waals surface area contributed by atoms with E-state index >= 15 is 0 Å². The van der Waals surface area contributed by atoms with Crippen molar-refractivity contribution in [2.24, 2.45) is 0 Å². The topological polar surface area (TPSA) is 3.24 Å². The van der Waals surface area contributed by atoms with Crippen molar-refractivity contribution in [1.82, 2.24) is 0 Å². The normalized spacial score (nSPS) is 15.5. The van der Waals surface area contributed by atoms with Crippen LogP contribution in [0.5, 0.6) is 0 Å². The maximum Gasteiger partial charge on any atom is 0.0484 e. The minimum absolute atomic E-state index is 0.798. The zero-order valence-electron chi connectivity index (χ0n) is 10.9. The van der Waals surface area contributed by atoms with E-state index in [-0.39, 0.29) is 0 Å². The lowest BCUT2D eigenvalue weighted by molar-refractivity contribution is 0.578. The molecule has 19 heavy (non-hydrogen) atoms. The number of rotatable bonds is 2. The van der Waals surface area contributed by atoms with Gasteiger partial charge < -0.3 is 4.90 Å². The van der Waals surface area contributed by atoms with Crippen molar-refractivity contribution in [3.8, 4) is 11.1 Å². The van der Waals surface area contributed by atoms with E-state index < -0.39 is 0 Å². The summed E-state index contributed by atoms with van der Waals surface area (Å²) in [5.74, 6) is 0. The molecule has 1 heterocycles. The van der Waals surface area contributed by atoms with Crippen LogP contribution in [0.25, 0.3) is 11.1 Å². The first-order valence-corrected chi connectivity index (χ1v) is 7.23. The summed E-state index contributed by atoms with van der Waals surface area (Å²) >= 11 is 6.27. The lowest BCUT2D eigenvalue weighted by atomic mass is 10.0. The fourth-order valence-electron chi connectivity index (χ4n) is 2.64. The number of piperidine rings is 1. The SMILES string of the molecule is Clc1ccccc1-c1c[c]cc(N2CCCCC2)c1. The number of nitrogens with zero attached hydrogens (tertiary/aromatic N) is 1. The highest BCUT2D eigenvalue weighted by molar-refractivity contribution is 6.33. The second-order valence-corrected chi connectivity index (χ2v) is 5.41. The van der Waals surface area contributed by atoms with Crippen LogP contribution in [0.15, 0.2) is 42.5 Å². The van der Waals surface area contributed by atoms with Gasteiger partial charge in [-0.3, -0.25) is 0 Å². The molecule has 1 nitrogen and oxygen atoms in total. The molecule has 1 saturated heterocycles. The molecule has 1 radical (unpaired) electrons. The van der Waals surface area contributed by atoms with E-state index in [9.17, 15) is 0 Å². The minimum atomic E-state index is 0.798. The van der Waals surface area contributed by atoms with Crippen molar-refractivity contribution < 1.29 is 0 Å². The smallest absolute Gasteiger partial charge is 0.0484 e. The Balaban J connectivity index is 1.93. The summed E-state index contributed by atoms with van der Waals surface area (Å²) in [6, 6.07) is 17.5.